The van der Waals surface area contributed by atoms with Gasteiger partial charge in [-0.2, -0.15) is 10.1 Å². The number of benzene rings is 2. The Labute approximate surface area is 167 Å². The molecule has 7 heteroatoms. The number of amidine groups is 1. The van der Waals surface area contributed by atoms with Gasteiger partial charge < -0.3 is 4.90 Å². The fourth-order valence-electron chi connectivity index (χ4n) is 3.21. The monoisotopic (exact) mass is 398 g/mol. The normalized spacial score (nSPS) is 19.3. The molecule has 2 aliphatic heterocycles. The highest BCUT2D eigenvalue weighted by Gasteiger charge is 2.35. The predicted molar refractivity (Wildman–Crippen MR) is 113 cm³/mol. The van der Waals surface area contributed by atoms with Gasteiger partial charge in [-0.05, 0) is 23.8 Å². The quantitative estimate of drug-likeness (QED) is 0.777. The lowest BCUT2D eigenvalue weighted by Gasteiger charge is -2.23. The summed E-state index contributed by atoms with van der Waals surface area (Å²) in [6.45, 7) is 0. The number of carbonyl (C=O) groups excluding carboxylic acids is 1. The number of hydrogen-bond acceptors (Lipinski definition) is 5. The number of thioether (sulfide) groups is 1. The van der Waals surface area contributed by atoms with E-state index in [1.807, 2.05) is 43.4 Å². The minimum atomic E-state index is -0.113. The molecule has 0 aromatic heterocycles. The summed E-state index contributed by atoms with van der Waals surface area (Å²) in [7, 11) is 4.04. The summed E-state index contributed by atoms with van der Waals surface area (Å²) in [4.78, 5) is 17.9. The van der Waals surface area contributed by atoms with Crippen LogP contribution in [0.3, 0.4) is 0 Å². The Morgan fingerprint density at radius 2 is 1.89 bits per heavy atom. The first-order valence-corrected chi connectivity index (χ1v) is 10.0. The first-order chi connectivity index (χ1) is 13.0. The van der Waals surface area contributed by atoms with Crippen molar-refractivity contribution in [2.24, 2.45) is 10.1 Å². The number of anilines is 1. The van der Waals surface area contributed by atoms with Crippen molar-refractivity contribution in [2.75, 3.05) is 24.7 Å². The zero-order valence-corrected chi connectivity index (χ0v) is 16.7. The van der Waals surface area contributed by atoms with Crippen molar-refractivity contribution in [3.05, 3.63) is 64.7 Å². The van der Waals surface area contributed by atoms with E-state index in [2.05, 4.69) is 34.2 Å². The summed E-state index contributed by atoms with van der Waals surface area (Å²) >= 11 is 7.82. The van der Waals surface area contributed by atoms with E-state index in [9.17, 15) is 4.79 Å². The number of halogens is 1. The topological polar surface area (TPSA) is 48.3 Å². The van der Waals surface area contributed by atoms with Gasteiger partial charge in [-0.15, -0.1) is 0 Å². The second-order valence-electron chi connectivity index (χ2n) is 6.65. The van der Waals surface area contributed by atoms with Crippen LogP contribution < -0.4 is 4.90 Å². The molecule has 2 aromatic rings. The molecule has 0 bridgehead atoms. The second-order valence-corrected chi connectivity index (χ2v) is 8.00. The zero-order valence-electron chi connectivity index (χ0n) is 15.1. The van der Waals surface area contributed by atoms with Gasteiger partial charge in [0, 0.05) is 36.8 Å². The lowest BCUT2D eigenvalue weighted by molar-refractivity contribution is -0.115. The van der Waals surface area contributed by atoms with Crippen LogP contribution in [-0.4, -0.2) is 41.6 Å². The molecular formula is C20H19ClN4OS. The third-order valence-electron chi connectivity index (χ3n) is 4.63. The molecule has 1 atom stereocenters. The molecule has 0 N–H and O–H groups in total. The minimum Gasteiger partial charge on any atom is -0.378 e. The van der Waals surface area contributed by atoms with Crippen molar-refractivity contribution in [1.29, 1.82) is 0 Å². The molecule has 2 aromatic carbocycles. The number of nitrogens with zero attached hydrogens (tertiary/aromatic N) is 4. The number of carbonyl (C=O) groups is 1. The van der Waals surface area contributed by atoms with Gasteiger partial charge in [-0.1, -0.05) is 53.7 Å². The molecular weight excluding hydrogens is 380 g/mol. The molecule has 27 heavy (non-hydrogen) atoms. The van der Waals surface area contributed by atoms with Gasteiger partial charge in [-0.3, -0.25) is 4.79 Å². The molecule has 0 aliphatic carbocycles. The van der Waals surface area contributed by atoms with Crippen LogP contribution in [0.15, 0.2) is 58.6 Å². The third-order valence-corrected chi connectivity index (χ3v) is 5.89. The molecule has 0 saturated carbocycles. The van der Waals surface area contributed by atoms with Crippen molar-refractivity contribution in [1.82, 2.24) is 5.01 Å². The average Bonchev–Trinajstić information content (AvgIpc) is 3.28. The van der Waals surface area contributed by atoms with E-state index in [0.29, 0.717) is 22.4 Å². The number of aliphatic imine (C=N–C) groups is 1. The molecule has 2 heterocycles. The Bertz CT molecular complexity index is 939. The van der Waals surface area contributed by atoms with E-state index in [4.69, 9.17) is 16.7 Å². The van der Waals surface area contributed by atoms with Gasteiger partial charge in [0.25, 0.3) is 5.91 Å². The molecule has 0 spiro atoms. The van der Waals surface area contributed by atoms with Crippen molar-refractivity contribution in [3.8, 4) is 0 Å². The molecule has 0 saturated heterocycles. The highest BCUT2D eigenvalue weighted by atomic mass is 35.5. The molecule has 138 valence electrons. The van der Waals surface area contributed by atoms with Gasteiger partial charge in [0.1, 0.15) is 0 Å². The Morgan fingerprint density at radius 3 is 2.52 bits per heavy atom. The summed E-state index contributed by atoms with van der Waals surface area (Å²) < 4.78 is 0. The highest BCUT2D eigenvalue weighted by Crippen LogP contribution is 2.37. The van der Waals surface area contributed by atoms with Gasteiger partial charge in [-0.25, -0.2) is 5.01 Å². The van der Waals surface area contributed by atoms with E-state index < -0.39 is 0 Å². The summed E-state index contributed by atoms with van der Waals surface area (Å²) in [5.41, 5.74) is 4.10. The maximum atomic E-state index is 11.7. The van der Waals surface area contributed by atoms with Gasteiger partial charge in [0.2, 0.25) is 0 Å². The van der Waals surface area contributed by atoms with Crippen LogP contribution in [0, 0.1) is 0 Å². The van der Waals surface area contributed by atoms with Crippen LogP contribution in [0.1, 0.15) is 23.6 Å². The number of amides is 1. The molecule has 4 rings (SSSR count). The van der Waals surface area contributed by atoms with Crippen molar-refractivity contribution in [2.45, 2.75) is 12.5 Å². The van der Waals surface area contributed by atoms with Crippen LogP contribution in [0.2, 0.25) is 5.02 Å². The van der Waals surface area contributed by atoms with Gasteiger partial charge in [0.05, 0.1) is 17.5 Å². The maximum Gasteiger partial charge on any atom is 0.258 e. The van der Waals surface area contributed by atoms with Crippen molar-refractivity contribution >= 4 is 45.8 Å². The lowest BCUT2D eigenvalue weighted by Crippen LogP contribution is -2.23. The van der Waals surface area contributed by atoms with Gasteiger partial charge in [0.15, 0.2) is 5.17 Å². The van der Waals surface area contributed by atoms with Crippen LogP contribution in [0.25, 0.3) is 0 Å². The van der Waals surface area contributed by atoms with Gasteiger partial charge >= 0.3 is 0 Å². The Kier molecular flexibility index (Phi) is 4.93. The van der Waals surface area contributed by atoms with E-state index in [1.54, 1.807) is 0 Å². The van der Waals surface area contributed by atoms with E-state index in [1.165, 1.54) is 11.8 Å². The number of rotatable bonds is 3. The van der Waals surface area contributed by atoms with Crippen LogP contribution >= 0.6 is 23.4 Å². The van der Waals surface area contributed by atoms with E-state index in [-0.39, 0.29) is 11.9 Å². The fraction of sp³-hybridized carbons (Fsp3) is 0.250. The summed E-state index contributed by atoms with van der Waals surface area (Å²) in [6.07, 6.45) is 0.707. The molecule has 1 unspecified atom stereocenters. The summed E-state index contributed by atoms with van der Waals surface area (Å²) in [6, 6.07) is 16.1. The summed E-state index contributed by atoms with van der Waals surface area (Å²) in [5.74, 6) is 0.257. The first-order valence-electron chi connectivity index (χ1n) is 8.66. The Balaban J connectivity index is 1.71. The molecule has 0 radical (unpaired) electrons. The second kappa shape index (κ2) is 7.37. The molecule has 1 amide bonds. The van der Waals surface area contributed by atoms with Crippen molar-refractivity contribution < 1.29 is 4.79 Å². The maximum absolute atomic E-state index is 11.7. The molecule has 5 nitrogen and oxygen atoms in total. The lowest BCUT2D eigenvalue weighted by atomic mass is 9.98. The standard InChI is InChI=1S/C20H19ClN4OS/c1-24(2)14-9-7-13(8-10-14)18-11-17(15-5-3-4-6-16(15)21)23-25(18)20-22-19(26)12-27-20/h3-10,18H,11-12H2,1-2H3. The fourth-order valence-corrected chi connectivity index (χ4v) is 4.24. The predicted octanol–water partition coefficient (Wildman–Crippen LogP) is 4.19. The van der Waals surface area contributed by atoms with E-state index in [0.717, 1.165) is 22.5 Å². The molecule has 0 fully saturated rings. The van der Waals surface area contributed by atoms with Crippen LogP contribution in [0.4, 0.5) is 5.69 Å². The third kappa shape index (κ3) is 3.59. The SMILES string of the molecule is CN(C)c1ccc(C2CC(c3ccccc3Cl)=NN2C2=NC(=O)CS2)cc1. The Morgan fingerprint density at radius 1 is 1.15 bits per heavy atom. The largest absolute Gasteiger partial charge is 0.378 e. The molecule has 2 aliphatic rings. The van der Waals surface area contributed by atoms with E-state index >= 15 is 0 Å². The highest BCUT2D eigenvalue weighted by molar-refractivity contribution is 8.14. The average molecular weight is 399 g/mol. The number of hydrazone groups is 1. The summed E-state index contributed by atoms with van der Waals surface area (Å²) in [5, 5.41) is 8.01. The minimum absolute atomic E-state index is 0.00960. The van der Waals surface area contributed by atoms with Crippen LogP contribution in [-0.2, 0) is 4.79 Å². The zero-order chi connectivity index (χ0) is 19.0. The van der Waals surface area contributed by atoms with Crippen molar-refractivity contribution in [3.63, 3.8) is 0 Å². The van der Waals surface area contributed by atoms with Crippen LogP contribution in [0.5, 0.6) is 0 Å². The number of hydrogen-bond donors (Lipinski definition) is 0. The smallest absolute Gasteiger partial charge is 0.258 e. The Hall–Kier alpha value is -2.31. The first kappa shape index (κ1) is 18.1.